The Morgan fingerprint density at radius 1 is 1.16 bits per heavy atom. The van der Waals surface area contributed by atoms with E-state index in [1.807, 2.05) is 24.3 Å². The van der Waals surface area contributed by atoms with E-state index >= 15 is 0 Å². The molecule has 1 aliphatic carbocycles. The van der Waals surface area contributed by atoms with Crippen LogP contribution in [0, 0.1) is 5.92 Å². The Morgan fingerprint density at radius 3 is 2.42 bits per heavy atom. The van der Waals surface area contributed by atoms with Crippen molar-refractivity contribution in [1.29, 1.82) is 0 Å². The molecule has 0 amide bonds. The van der Waals surface area contributed by atoms with Gasteiger partial charge >= 0.3 is 0 Å². The van der Waals surface area contributed by atoms with Crippen molar-refractivity contribution in [1.82, 2.24) is 0 Å². The van der Waals surface area contributed by atoms with Crippen molar-refractivity contribution in [3.63, 3.8) is 0 Å². The van der Waals surface area contributed by atoms with Crippen LogP contribution in [0.5, 0.6) is 5.75 Å². The zero-order chi connectivity index (χ0) is 13.8. The fourth-order valence-electron chi connectivity index (χ4n) is 2.12. The molecule has 0 saturated carbocycles. The summed E-state index contributed by atoms with van der Waals surface area (Å²) in [5, 5.41) is 0. The van der Waals surface area contributed by atoms with Crippen molar-refractivity contribution >= 4 is 11.4 Å². The van der Waals surface area contributed by atoms with Crippen molar-refractivity contribution in [2.45, 2.75) is 26.7 Å². The SMILES string of the molecule is COc1ccc(C2=C(OCC(C)C)CCC2=O)cc1. The van der Waals surface area contributed by atoms with Gasteiger partial charge < -0.3 is 9.47 Å². The van der Waals surface area contributed by atoms with E-state index in [2.05, 4.69) is 13.8 Å². The number of ether oxygens (including phenoxy) is 2. The molecule has 0 unspecified atom stereocenters. The van der Waals surface area contributed by atoms with E-state index in [0.717, 1.165) is 22.6 Å². The summed E-state index contributed by atoms with van der Waals surface area (Å²) in [7, 11) is 1.63. The highest BCUT2D eigenvalue weighted by molar-refractivity contribution is 6.23. The first-order valence-corrected chi connectivity index (χ1v) is 6.65. The summed E-state index contributed by atoms with van der Waals surface area (Å²) in [6, 6.07) is 7.56. The maximum absolute atomic E-state index is 12.0. The molecule has 0 atom stereocenters. The van der Waals surface area contributed by atoms with Crippen molar-refractivity contribution in [3.05, 3.63) is 35.6 Å². The molecule has 3 nitrogen and oxygen atoms in total. The fourth-order valence-corrected chi connectivity index (χ4v) is 2.12. The van der Waals surface area contributed by atoms with Gasteiger partial charge in [-0.05, 0) is 23.6 Å². The predicted molar refractivity (Wildman–Crippen MR) is 74.9 cm³/mol. The second kappa shape index (κ2) is 5.91. The van der Waals surface area contributed by atoms with Gasteiger partial charge in [-0.1, -0.05) is 26.0 Å². The molecule has 2 rings (SSSR count). The van der Waals surface area contributed by atoms with Crippen LogP contribution >= 0.6 is 0 Å². The van der Waals surface area contributed by atoms with E-state index in [0.29, 0.717) is 25.4 Å². The molecule has 0 radical (unpaired) electrons. The largest absolute Gasteiger partial charge is 0.497 e. The minimum Gasteiger partial charge on any atom is -0.497 e. The quantitative estimate of drug-likeness (QED) is 0.813. The Kier molecular flexibility index (Phi) is 4.25. The molecular formula is C16H20O3. The number of hydrogen-bond donors (Lipinski definition) is 0. The summed E-state index contributed by atoms with van der Waals surface area (Å²) >= 11 is 0. The number of benzene rings is 1. The van der Waals surface area contributed by atoms with E-state index in [1.54, 1.807) is 7.11 Å². The van der Waals surface area contributed by atoms with Crippen LogP contribution in [-0.2, 0) is 9.53 Å². The third-order valence-electron chi connectivity index (χ3n) is 3.11. The third kappa shape index (κ3) is 3.16. The number of ketones is 1. The summed E-state index contributed by atoms with van der Waals surface area (Å²) in [6.07, 6.45) is 1.27. The molecule has 1 aromatic rings. The van der Waals surface area contributed by atoms with Crippen LogP contribution in [0.1, 0.15) is 32.3 Å². The lowest BCUT2D eigenvalue weighted by molar-refractivity contribution is -0.113. The van der Waals surface area contributed by atoms with Gasteiger partial charge in [0.05, 0.1) is 19.3 Å². The van der Waals surface area contributed by atoms with Gasteiger partial charge in [0.15, 0.2) is 5.78 Å². The molecular weight excluding hydrogens is 240 g/mol. The van der Waals surface area contributed by atoms with Crippen molar-refractivity contribution in [3.8, 4) is 5.75 Å². The molecule has 0 bridgehead atoms. The molecule has 1 aliphatic rings. The number of rotatable bonds is 5. The molecule has 0 N–H and O–H groups in total. The van der Waals surface area contributed by atoms with Gasteiger partial charge in [0.25, 0.3) is 0 Å². The summed E-state index contributed by atoms with van der Waals surface area (Å²) in [5.41, 5.74) is 1.66. The second-order valence-corrected chi connectivity index (χ2v) is 5.15. The molecule has 19 heavy (non-hydrogen) atoms. The average Bonchev–Trinajstić information content (AvgIpc) is 2.78. The van der Waals surface area contributed by atoms with Crippen LogP contribution in [0.2, 0.25) is 0 Å². The van der Waals surface area contributed by atoms with E-state index in [4.69, 9.17) is 9.47 Å². The van der Waals surface area contributed by atoms with Gasteiger partial charge in [-0.15, -0.1) is 0 Å². The van der Waals surface area contributed by atoms with Gasteiger partial charge in [0.1, 0.15) is 11.5 Å². The van der Waals surface area contributed by atoms with Crippen LogP contribution in [0.25, 0.3) is 5.57 Å². The lowest BCUT2D eigenvalue weighted by atomic mass is 10.0. The Hall–Kier alpha value is -1.77. The molecule has 0 aromatic heterocycles. The van der Waals surface area contributed by atoms with Crippen LogP contribution in [0.3, 0.4) is 0 Å². The molecule has 102 valence electrons. The summed E-state index contributed by atoms with van der Waals surface area (Å²) in [5.74, 6) is 2.26. The molecule has 0 fully saturated rings. The van der Waals surface area contributed by atoms with Crippen molar-refractivity contribution in [2.24, 2.45) is 5.92 Å². The molecule has 0 spiro atoms. The number of Topliss-reactive ketones (excluding diaryl/α,β-unsaturated/α-hetero) is 1. The molecule has 0 heterocycles. The first kappa shape index (κ1) is 13.7. The highest BCUT2D eigenvalue weighted by Gasteiger charge is 2.25. The minimum absolute atomic E-state index is 0.170. The van der Waals surface area contributed by atoms with E-state index < -0.39 is 0 Å². The zero-order valence-corrected chi connectivity index (χ0v) is 11.7. The van der Waals surface area contributed by atoms with Crippen molar-refractivity contribution < 1.29 is 14.3 Å². The maximum Gasteiger partial charge on any atom is 0.167 e. The Morgan fingerprint density at radius 2 is 1.84 bits per heavy atom. The van der Waals surface area contributed by atoms with E-state index in [1.165, 1.54) is 0 Å². The molecule has 0 saturated heterocycles. The first-order chi connectivity index (χ1) is 9.11. The van der Waals surface area contributed by atoms with Gasteiger partial charge in [-0.2, -0.15) is 0 Å². The number of hydrogen-bond acceptors (Lipinski definition) is 3. The average molecular weight is 260 g/mol. The Labute approximate surface area is 114 Å². The fraction of sp³-hybridized carbons (Fsp3) is 0.438. The monoisotopic (exact) mass is 260 g/mol. The maximum atomic E-state index is 12.0. The van der Waals surface area contributed by atoms with Gasteiger partial charge in [-0.25, -0.2) is 0 Å². The highest BCUT2D eigenvalue weighted by Crippen LogP contribution is 2.32. The predicted octanol–water partition coefficient (Wildman–Crippen LogP) is 3.44. The number of carbonyl (C=O) groups is 1. The highest BCUT2D eigenvalue weighted by atomic mass is 16.5. The summed E-state index contributed by atoms with van der Waals surface area (Å²) in [4.78, 5) is 12.0. The van der Waals surface area contributed by atoms with Gasteiger partial charge in [-0.3, -0.25) is 4.79 Å². The Balaban J connectivity index is 2.25. The summed E-state index contributed by atoms with van der Waals surface area (Å²) in [6.45, 7) is 4.86. The minimum atomic E-state index is 0.170. The smallest absolute Gasteiger partial charge is 0.167 e. The molecule has 1 aromatic carbocycles. The van der Waals surface area contributed by atoms with Crippen molar-refractivity contribution in [2.75, 3.05) is 13.7 Å². The molecule has 0 aliphatic heterocycles. The standard InChI is InChI=1S/C16H20O3/c1-11(2)10-19-15-9-8-14(17)16(15)12-4-6-13(18-3)7-5-12/h4-7,11H,8-10H2,1-3H3. The number of carbonyl (C=O) groups excluding carboxylic acids is 1. The second-order valence-electron chi connectivity index (χ2n) is 5.15. The Bertz CT molecular complexity index is 483. The molecule has 3 heteroatoms. The van der Waals surface area contributed by atoms with E-state index in [-0.39, 0.29) is 5.78 Å². The van der Waals surface area contributed by atoms with Crippen LogP contribution < -0.4 is 4.74 Å². The lowest BCUT2D eigenvalue weighted by Crippen LogP contribution is -2.03. The normalized spacial score (nSPS) is 15.3. The van der Waals surface area contributed by atoms with Crippen LogP contribution in [0.15, 0.2) is 30.0 Å². The topological polar surface area (TPSA) is 35.5 Å². The van der Waals surface area contributed by atoms with Crippen LogP contribution in [0.4, 0.5) is 0 Å². The van der Waals surface area contributed by atoms with Gasteiger partial charge in [0, 0.05) is 12.8 Å². The summed E-state index contributed by atoms with van der Waals surface area (Å²) < 4.78 is 10.9. The lowest BCUT2D eigenvalue weighted by Gasteiger charge is -2.11. The van der Waals surface area contributed by atoms with Gasteiger partial charge in [0.2, 0.25) is 0 Å². The van der Waals surface area contributed by atoms with Crippen LogP contribution in [-0.4, -0.2) is 19.5 Å². The zero-order valence-electron chi connectivity index (χ0n) is 11.7. The third-order valence-corrected chi connectivity index (χ3v) is 3.11. The first-order valence-electron chi connectivity index (χ1n) is 6.65. The number of allylic oxidation sites excluding steroid dienone is 2. The number of methoxy groups -OCH3 is 1. The van der Waals surface area contributed by atoms with E-state index in [9.17, 15) is 4.79 Å².